The maximum atomic E-state index is 5.82. The first-order valence-corrected chi connectivity index (χ1v) is 7.91. The lowest BCUT2D eigenvalue weighted by atomic mass is 10.1. The summed E-state index contributed by atoms with van der Waals surface area (Å²) >= 11 is 1.81. The number of hydrogen-bond acceptors (Lipinski definition) is 3. The van der Waals surface area contributed by atoms with Crippen molar-refractivity contribution in [3.05, 3.63) is 58.0 Å². The van der Waals surface area contributed by atoms with Crippen LogP contribution in [0.1, 0.15) is 35.6 Å². The van der Waals surface area contributed by atoms with E-state index < -0.39 is 0 Å². The molecule has 0 fully saturated rings. The number of benzene rings is 1. The zero-order chi connectivity index (χ0) is 13.9. The summed E-state index contributed by atoms with van der Waals surface area (Å²) in [6, 6.07) is 13.0. The molecule has 0 radical (unpaired) electrons. The summed E-state index contributed by atoms with van der Waals surface area (Å²) in [5, 5.41) is 7.02. The molecule has 1 atom stereocenters. The van der Waals surface area contributed by atoms with Crippen LogP contribution in [0.4, 0.5) is 0 Å². The third-order valence-corrected chi connectivity index (χ3v) is 4.71. The average Bonchev–Trinajstić information content (AvgIpc) is 3.08. The molecule has 0 amide bonds. The molecule has 0 aliphatic rings. The molecule has 0 saturated carbocycles. The van der Waals surface area contributed by atoms with Gasteiger partial charge in [0.25, 0.3) is 0 Å². The molecule has 0 aliphatic carbocycles. The zero-order valence-electron chi connectivity index (χ0n) is 11.8. The van der Waals surface area contributed by atoms with Gasteiger partial charge in [-0.05, 0) is 30.9 Å². The summed E-state index contributed by atoms with van der Waals surface area (Å²) in [5.74, 6) is 1.01. The van der Waals surface area contributed by atoms with Gasteiger partial charge in [0.2, 0.25) is 0 Å². The molecule has 3 heteroatoms. The minimum Gasteiger partial charge on any atom is -0.461 e. The molecule has 0 aliphatic heterocycles. The molecule has 1 aromatic carbocycles. The predicted octanol–water partition coefficient (Wildman–Crippen LogP) is 5.04. The molecule has 3 aromatic rings. The number of para-hydroxylation sites is 1. The molecule has 2 heterocycles. The van der Waals surface area contributed by atoms with E-state index in [1.165, 1.54) is 15.8 Å². The van der Waals surface area contributed by atoms with Gasteiger partial charge in [-0.15, -0.1) is 11.3 Å². The molecule has 0 spiro atoms. The fourth-order valence-corrected chi connectivity index (χ4v) is 3.49. The van der Waals surface area contributed by atoms with Crippen molar-refractivity contribution < 1.29 is 4.42 Å². The molecular formula is C17H19NOS. The number of aryl methyl sites for hydroxylation is 1. The molecular weight excluding hydrogens is 266 g/mol. The lowest BCUT2D eigenvalue weighted by molar-refractivity contribution is 0.515. The Kier molecular flexibility index (Phi) is 3.90. The second-order valence-electron chi connectivity index (χ2n) is 4.99. The standard InChI is InChI=1S/C17H19NOS/c1-3-15(17-9-6-10-20-17)18-11-14-12(2)19-16-8-5-4-7-13(14)16/h4-10,15,18H,3,11H2,1-2H3. The SMILES string of the molecule is CCC(NCc1c(C)oc2ccccc12)c1cccs1. The number of thiophene rings is 1. The summed E-state index contributed by atoms with van der Waals surface area (Å²) in [6.07, 6.45) is 1.09. The number of rotatable bonds is 5. The van der Waals surface area contributed by atoms with E-state index in [1.54, 1.807) is 0 Å². The van der Waals surface area contributed by atoms with Crippen LogP contribution >= 0.6 is 11.3 Å². The van der Waals surface area contributed by atoms with Gasteiger partial charge in [-0.2, -0.15) is 0 Å². The highest BCUT2D eigenvalue weighted by molar-refractivity contribution is 7.10. The molecule has 1 N–H and O–H groups in total. The molecule has 0 saturated heterocycles. The van der Waals surface area contributed by atoms with E-state index in [1.807, 2.05) is 30.4 Å². The fraction of sp³-hybridized carbons (Fsp3) is 0.294. The lowest BCUT2D eigenvalue weighted by Gasteiger charge is -2.15. The van der Waals surface area contributed by atoms with Crippen LogP contribution < -0.4 is 5.32 Å². The highest BCUT2D eigenvalue weighted by atomic mass is 32.1. The Hall–Kier alpha value is -1.58. The van der Waals surface area contributed by atoms with E-state index in [0.717, 1.165) is 24.3 Å². The van der Waals surface area contributed by atoms with Gasteiger partial charge in [0.05, 0.1) is 0 Å². The van der Waals surface area contributed by atoms with Crippen LogP contribution in [0.3, 0.4) is 0 Å². The van der Waals surface area contributed by atoms with Crippen LogP contribution in [-0.4, -0.2) is 0 Å². The van der Waals surface area contributed by atoms with Crippen molar-refractivity contribution in [1.29, 1.82) is 0 Å². The van der Waals surface area contributed by atoms with Gasteiger partial charge in [0.1, 0.15) is 11.3 Å². The van der Waals surface area contributed by atoms with Crippen LogP contribution in [-0.2, 0) is 6.54 Å². The molecule has 0 bridgehead atoms. The quantitative estimate of drug-likeness (QED) is 0.710. The summed E-state index contributed by atoms with van der Waals surface area (Å²) < 4.78 is 5.82. The highest BCUT2D eigenvalue weighted by Crippen LogP contribution is 2.27. The molecule has 2 aromatic heterocycles. The van der Waals surface area contributed by atoms with Crippen LogP contribution in [0.25, 0.3) is 11.0 Å². The molecule has 2 nitrogen and oxygen atoms in total. The van der Waals surface area contributed by atoms with Gasteiger partial charge in [0.15, 0.2) is 0 Å². The number of fused-ring (bicyclic) bond motifs is 1. The largest absolute Gasteiger partial charge is 0.461 e. The number of hydrogen-bond donors (Lipinski definition) is 1. The fourth-order valence-electron chi connectivity index (χ4n) is 2.60. The van der Waals surface area contributed by atoms with Gasteiger partial charge in [-0.25, -0.2) is 0 Å². The van der Waals surface area contributed by atoms with Gasteiger partial charge < -0.3 is 9.73 Å². The van der Waals surface area contributed by atoms with Crippen molar-refractivity contribution in [3.63, 3.8) is 0 Å². The normalized spacial score (nSPS) is 12.9. The summed E-state index contributed by atoms with van der Waals surface area (Å²) in [4.78, 5) is 1.40. The topological polar surface area (TPSA) is 25.2 Å². The molecule has 20 heavy (non-hydrogen) atoms. The van der Waals surface area contributed by atoms with Crippen molar-refractivity contribution in [1.82, 2.24) is 5.32 Å². The third-order valence-electron chi connectivity index (χ3n) is 3.72. The van der Waals surface area contributed by atoms with Crippen molar-refractivity contribution in [2.45, 2.75) is 32.9 Å². The first kappa shape index (κ1) is 13.4. The summed E-state index contributed by atoms with van der Waals surface area (Å²) in [5.41, 5.74) is 2.25. The van der Waals surface area contributed by atoms with E-state index in [9.17, 15) is 0 Å². The predicted molar refractivity (Wildman–Crippen MR) is 85.1 cm³/mol. The van der Waals surface area contributed by atoms with E-state index >= 15 is 0 Å². The van der Waals surface area contributed by atoms with E-state index in [4.69, 9.17) is 4.42 Å². The maximum absolute atomic E-state index is 5.82. The van der Waals surface area contributed by atoms with E-state index in [0.29, 0.717) is 6.04 Å². The Balaban J connectivity index is 1.81. The minimum absolute atomic E-state index is 0.420. The van der Waals surface area contributed by atoms with Crippen molar-refractivity contribution in [2.75, 3.05) is 0 Å². The number of furan rings is 1. The smallest absolute Gasteiger partial charge is 0.134 e. The van der Waals surface area contributed by atoms with Crippen molar-refractivity contribution in [2.24, 2.45) is 0 Å². The van der Waals surface area contributed by atoms with Crippen LogP contribution in [0.5, 0.6) is 0 Å². The van der Waals surface area contributed by atoms with Gasteiger partial charge in [0, 0.05) is 28.4 Å². The maximum Gasteiger partial charge on any atom is 0.134 e. The number of nitrogens with one attached hydrogen (secondary N) is 1. The van der Waals surface area contributed by atoms with Crippen LogP contribution in [0.2, 0.25) is 0 Å². The molecule has 1 unspecified atom stereocenters. The Morgan fingerprint density at radius 3 is 2.80 bits per heavy atom. The summed E-state index contributed by atoms with van der Waals surface area (Å²) in [6.45, 7) is 5.11. The van der Waals surface area contributed by atoms with Gasteiger partial charge in [-0.3, -0.25) is 0 Å². The Morgan fingerprint density at radius 2 is 2.05 bits per heavy atom. The second-order valence-corrected chi connectivity index (χ2v) is 5.97. The van der Waals surface area contributed by atoms with Crippen molar-refractivity contribution in [3.8, 4) is 0 Å². The third kappa shape index (κ3) is 2.51. The van der Waals surface area contributed by atoms with Gasteiger partial charge >= 0.3 is 0 Å². The van der Waals surface area contributed by atoms with Crippen molar-refractivity contribution >= 4 is 22.3 Å². The Labute approximate surface area is 123 Å². The first-order valence-electron chi connectivity index (χ1n) is 7.03. The first-order chi connectivity index (χ1) is 9.79. The Bertz CT molecular complexity index is 684. The monoisotopic (exact) mass is 285 g/mol. The summed E-state index contributed by atoms with van der Waals surface area (Å²) in [7, 11) is 0. The Morgan fingerprint density at radius 1 is 1.20 bits per heavy atom. The molecule has 3 rings (SSSR count). The van der Waals surface area contributed by atoms with Crippen LogP contribution in [0, 0.1) is 6.92 Å². The average molecular weight is 285 g/mol. The van der Waals surface area contributed by atoms with Crippen LogP contribution in [0.15, 0.2) is 46.2 Å². The van der Waals surface area contributed by atoms with Gasteiger partial charge in [-0.1, -0.05) is 31.2 Å². The lowest BCUT2D eigenvalue weighted by Crippen LogP contribution is -2.19. The molecule has 104 valence electrons. The van der Waals surface area contributed by atoms with E-state index in [2.05, 4.69) is 41.9 Å². The van der Waals surface area contributed by atoms with E-state index in [-0.39, 0.29) is 0 Å². The zero-order valence-corrected chi connectivity index (χ0v) is 12.7. The second kappa shape index (κ2) is 5.81. The highest BCUT2D eigenvalue weighted by Gasteiger charge is 2.14. The minimum atomic E-state index is 0.420.